The van der Waals surface area contributed by atoms with E-state index in [0.29, 0.717) is 23.9 Å². The van der Waals surface area contributed by atoms with Gasteiger partial charge >= 0.3 is 19.8 Å². The van der Waals surface area contributed by atoms with Gasteiger partial charge in [-0.05, 0) is 89.9 Å². The summed E-state index contributed by atoms with van der Waals surface area (Å²) in [5.74, 6) is -0.827. The van der Waals surface area contributed by atoms with Gasteiger partial charge in [0.1, 0.15) is 19.8 Å². The van der Waals surface area contributed by atoms with Crippen molar-refractivity contribution in [3.63, 3.8) is 0 Å². The molecule has 10 heteroatoms. The molecule has 0 bridgehead atoms. The molecule has 0 aliphatic heterocycles. The molecule has 0 aromatic carbocycles. The first-order valence-corrected chi connectivity index (χ1v) is 29.5. The van der Waals surface area contributed by atoms with E-state index < -0.39 is 32.5 Å². The van der Waals surface area contributed by atoms with Crippen LogP contribution in [0.4, 0.5) is 0 Å². The van der Waals surface area contributed by atoms with Crippen molar-refractivity contribution in [1.29, 1.82) is 0 Å². The number of hydrogen-bond donors (Lipinski definition) is 1. The molecule has 0 rings (SSSR count). The number of esters is 2. The Hall–Kier alpha value is -3.07. The molecule has 1 N–H and O–H groups in total. The lowest BCUT2D eigenvalue weighted by molar-refractivity contribution is -0.870. The van der Waals surface area contributed by atoms with Crippen molar-refractivity contribution in [2.45, 2.75) is 225 Å². The fourth-order valence-electron chi connectivity index (χ4n) is 7.35. The normalized spacial score (nSPS) is 14.1. The van der Waals surface area contributed by atoms with Crippen molar-refractivity contribution in [3.05, 3.63) is 97.2 Å². The molecule has 0 aromatic rings. The number of carbonyl (C=O) groups is 2. The summed E-state index contributed by atoms with van der Waals surface area (Å²) in [5.41, 5.74) is 0. The van der Waals surface area contributed by atoms with Gasteiger partial charge in [0.05, 0.1) is 27.7 Å². The van der Waals surface area contributed by atoms with Gasteiger partial charge in [0.2, 0.25) is 0 Å². The van der Waals surface area contributed by atoms with Gasteiger partial charge in [-0.2, -0.15) is 0 Å². The molecule has 70 heavy (non-hydrogen) atoms. The lowest BCUT2D eigenvalue weighted by atomic mass is 10.0. The Morgan fingerprint density at radius 1 is 0.443 bits per heavy atom. The number of allylic oxidation sites excluding steroid dienone is 16. The minimum absolute atomic E-state index is 0.0236. The van der Waals surface area contributed by atoms with Gasteiger partial charge in [-0.3, -0.25) is 18.6 Å². The molecule has 0 spiro atoms. The van der Waals surface area contributed by atoms with Crippen molar-refractivity contribution < 1.29 is 42.1 Å². The van der Waals surface area contributed by atoms with Crippen LogP contribution in [0.2, 0.25) is 0 Å². The molecule has 0 heterocycles. The van der Waals surface area contributed by atoms with Crippen LogP contribution in [0.1, 0.15) is 219 Å². The van der Waals surface area contributed by atoms with Crippen LogP contribution in [0.15, 0.2) is 97.2 Å². The van der Waals surface area contributed by atoms with Crippen LogP contribution in [0.5, 0.6) is 0 Å². The second-order valence-electron chi connectivity index (χ2n) is 19.6. The van der Waals surface area contributed by atoms with Crippen molar-refractivity contribution in [2.24, 2.45) is 0 Å². The molecule has 0 aliphatic rings. The van der Waals surface area contributed by atoms with E-state index in [-0.39, 0.29) is 26.1 Å². The minimum Gasteiger partial charge on any atom is -0.462 e. The van der Waals surface area contributed by atoms with Crippen molar-refractivity contribution in [2.75, 3.05) is 47.5 Å². The smallest absolute Gasteiger partial charge is 0.462 e. The molecule has 0 radical (unpaired) electrons. The third-order valence-corrected chi connectivity index (χ3v) is 12.6. The number of unbranched alkanes of at least 4 members (excludes halogenated alkanes) is 20. The summed E-state index contributed by atoms with van der Waals surface area (Å²) < 4.78 is 34.5. The van der Waals surface area contributed by atoms with Crippen molar-refractivity contribution in [1.82, 2.24) is 0 Å². The Bertz CT molecular complexity index is 1500. The zero-order valence-corrected chi connectivity index (χ0v) is 46.4. The fourth-order valence-corrected chi connectivity index (χ4v) is 8.09. The van der Waals surface area contributed by atoms with E-state index >= 15 is 0 Å². The average molecular weight is 999 g/mol. The number of phosphoric ester groups is 1. The molecule has 2 unspecified atom stereocenters. The Morgan fingerprint density at radius 3 is 1.14 bits per heavy atom. The maximum Gasteiger partial charge on any atom is 0.472 e. The van der Waals surface area contributed by atoms with Crippen LogP contribution in [-0.2, 0) is 32.7 Å². The third-order valence-electron chi connectivity index (χ3n) is 11.6. The summed E-state index contributed by atoms with van der Waals surface area (Å²) in [5, 5.41) is 0. The molecular weight excluding hydrogens is 894 g/mol. The standard InChI is InChI=1S/C60H104NO8P/c1-6-8-10-12-14-16-18-20-22-24-25-26-27-28-29-30-31-32-33-34-35-37-39-41-43-45-47-49-51-53-60(63)69-58(57-68-70(64,65)67-55-54-61(3,4)5)56-66-59(62)52-50-48-46-44-42-40-38-36-23-21-19-17-15-13-11-9-7-2/h8-11,14-17,20-23,25-26,38,40,58H,6-7,12-13,18-19,24,27-37,39,41-57H2,1-5H3/p+1/b10-8-,11-9-,16-14-,17-15-,22-20-,23-21-,26-25-,40-38-. The first-order valence-electron chi connectivity index (χ1n) is 28.0. The van der Waals surface area contributed by atoms with E-state index in [1.54, 1.807) is 0 Å². The first kappa shape index (κ1) is 66.9. The van der Waals surface area contributed by atoms with Gasteiger partial charge in [0.15, 0.2) is 6.10 Å². The molecule has 0 aliphatic carbocycles. The molecule has 2 atom stereocenters. The van der Waals surface area contributed by atoms with Gasteiger partial charge < -0.3 is 18.9 Å². The summed E-state index contributed by atoms with van der Waals surface area (Å²) in [6, 6.07) is 0. The van der Waals surface area contributed by atoms with Gasteiger partial charge in [-0.1, -0.05) is 214 Å². The SMILES string of the molecule is CC/C=C\C/C=C\C/C=C\C/C=C\CCCCCCCCCCCCCCCCCCC(=O)OC(COC(=O)CCCCCC/C=C\C/C=C\C/C=C\C/C=C\CC)COP(=O)(O)OCC[N+](C)(C)C. The second kappa shape index (κ2) is 50.9. The van der Waals surface area contributed by atoms with Gasteiger partial charge in [0, 0.05) is 12.8 Å². The predicted octanol–water partition coefficient (Wildman–Crippen LogP) is 17.3. The topological polar surface area (TPSA) is 108 Å². The van der Waals surface area contributed by atoms with Crippen LogP contribution in [0, 0.1) is 0 Å². The number of quaternary nitrogens is 1. The highest BCUT2D eigenvalue weighted by molar-refractivity contribution is 7.47. The Morgan fingerprint density at radius 2 is 0.771 bits per heavy atom. The number of likely N-dealkylation sites (N-methyl/N-ethyl adjacent to an activating group) is 1. The van der Waals surface area contributed by atoms with Crippen LogP contribution >= 0.6 is 7.82 Å². The van der Waals surface area contributed by atoms with E-state index in [2.05, 4.69) is 111 Å². The molecule has 0 saturated carbocycles. The second-order valence-corrected chi connectivity index (χ2v) is 21.0. The Labute approximate surface area is 430 Å². The molecule has 0 aromatic heterocycles. The Balaban J connectivity index is 4.16. The summed E-state index contributed by atoms with van der Waals surface area (Å²) in [7, 11) is 1.45. The van der Waals surface area contributed by atoms with Crippen molar-refractivity contribution in [3.8, 4) is 0 Å². The minimum atomic E-state index is -4.39. The van der Waals surface area contributed by atoms with Gasteiger partial charge in [0.25, 0.3) is 0 Å². The number of rotatable bonds is 50. The highest BCUT2D eigenvalue weighted by Crippen LogP contribution is 2.43. The summed E-state index contributed by atoms with van der Waals surface area (Å²) >= 11 is 0. The number of carbonyl (C=O) groups excluding carboxylic acids is 2. The highest BCUT2D eigenvalue weighted by atomic mass is 31.2. The maximum absolute atomic E-state index is 12.8. The molecule has 9 nitrogen and oxygen atoms in total. The zero-order chi connectivity index (χ0) is 51.3. The fraction of sp³-hybridized carbons (Fsp3) is 0.700. The molecule has 402 valence electrons. The summed E-state index contributed by atoms with van der Waals surface area (Å²) in [4.78, 5) is 35.6. The lowest BCUT2D eigenvalue weighted by Crippen LogP contribution is -2.37. The predicted molar refractivity (Wildman–Crippen MR) is 298 cm³/mol. The monoisotopic (exact) mass is 999 g/mol. The van der Waals surface area contributed by atoms with Crippen LogP contribution < -0.4 is 0 Å². The number of ether oxygens (including phenoxy) is 2. The quantitative estimate of drug-likeness (QED) is 0.0211. The van der Waals surface area contributed by atoms with E-state index in [4.69, 9.17) is 18.5 Å². The zero-order valence-electron chi connectivity index (χ0n) is 45.5. The van der Waals surface area contributed by atoms with E-state index in [9.17, 15) is 19.0 Å². The first-order chi connectivity index (χ1) is 34.0. The highest BCUT2D eigenvalue weighted by Gasteiger charge is 2.27. The molecular formula is C60H105NO8P+. The third kappa shape index (κ3) is 54.3. The lowest BCUT2D eigenvalue weighted by Gasteiger charge is -2.24. The number of nitrogens with zero attached hydrogens (tertiary/aromatic N) is 1. The number of hydrogen-bond acceptors (Lipinski definition) is 7. The average Bonchev–Trinajstić information content (AvgIpc) is 3.32. The van der Waals surface area contributed by atoms with E-state index in [1.807, 2.05) is 21.1 Å². The summed E-state index contributed by atoms with van der Waals surface area (Å²) in [6.07, 6.45) is 69.0. The van der Waals surface area contributed by atoms with Crippen LogP contribution in [-0.4, -0.2) is 74.9 Å². The van der Waals surface area contributed by atoms with E-state index in [1.165, 1.54) is 83.5 Å². The Kier molecular flexibility index (Phi) is 48.6. The summed E-state index contributed by atoms with van der Waals surface area (Å²) in [6.45, 7) is 4.18. The number of phosphoric acid groups is 1. The maximum atomic E-state index is 12.8. The van der Waals surface area contributed by atoms with E-state index in [0.717, 1.165) is 96.3 Å². The molecule has 0 fully saturated rings. The van der Waals surface area contributed by atoms with Gasteiger partial charge in [-0.25, -0.2) is 4.57 Å². The molecule has 0 saturated heterocycles. The van der Waals surface area contributed by atoms with Crippen molar-refractivity contribution >= 4 is 19.8 Å². The van der Waals surface area contributed by atoms with Crippen LogP contribution in [0.3, 0.4) is 0 Å². The largest absolute Gasteiger partial charge is 0.472 e. The molecule has 0 amide bonds. The van der Waals surface area contributed by atoms with Crippen LogP contribution in [0.25, 0.3) is 0 Å². The van der Waals surface area contributed by atoms with Gasteiger partial charge in [-0.15, -0.1) is 0 Å².